The Morgan fingerprint density at radius 1 is 0.183 bits per heavy atom. The van der Waals surface area contributed by atoms with Crippen molar-refractivity contribution in [2.75, 3.05) is 0 Å². The molecule has 18 rings (SSSR count). The highest BCUT2D eigenvalue weighted by atomic mass is 15.0. The fraction of sp³-hybridized carbons (Fsp3) is 0.0110. The number of rotatable bonds is 11. The monoisotopic (exact) mass is 1180 g/mol. The third-order valence-corrected chi connectivity index (χ3v) is 19.7. The van der Waals surface area contributed by atoms with Crippen LogP contribution in [0.1, 0.15) is 22.3 Å². The minimum Gasteiger partial charge on any atom is -0.309 e. The molecular formula is C91H60N2. The molecule has 93 heavy (non-hydrogen) atoms. The second kappa shape index (κ2) is 22.1. The SMILES string of the molecule is c1ccc(-c2cccc(-c3ccc(C4(c5cccc(-c6ccc(-c7ccc(-c8ccc(-n9c%10ccccc%10c%10cc(-c%11ccc%12c(c%11)c%11ccccc%11n%12-c%11ccccc%11-c%11ccccc%11)ccc%109)cc8)cc7)cc6)c5)c5ccccc5-c5ccccc54)cc3)c2)cc1. The van der Waals surface area contributed by atoms with Gasteiger partial charge in [-0.15, -0.1) is 0 Å². The van der Waals surface area contributed by atoms with Gasteiger partial charge in [0, 0.05) is 32.8 Å². The van der Waals surface area contributed by atoms with Gasteiger partial charge in [0.05, 0.1) is 33.2 Å². The Kier molecular flexibility index (Phi) is 12.8. The molecular weight excluding hydrogens is 1120 g/mol. The molecule has 1 aliphatic carbocycles. The first-order chi connectivity index (χ1) is 46.1. The minimum atomic E-state index is -0.521. The molecule has 0 amide bonds. The maximum absolute atomic E-state index is 2.44. The molecule has 0 fully saturated rings. The summed E-state index contributed by atoms with van der Waals surface area (Å²) in [5.41, 5.74) is 31.0. The maximum atomic E-state index is 2.44. The molecule has 0 saturated heterocycles. The first-order valence-electron chi connectivity index (χ1n) is 32.2. The first-order valence-corrected chi connectivity index (χ1v) is 32.2. The van der Waals surface area contributed by atoms with Crippen LogP contribution in [-0.2, 0) is 5.41 Å². The topological polar surface area (TPSA) is 9.86 Å². The summed E-state index contributed by atoms with van der Waals surface area (Å²) in [6.07, 6.45) is 0. The Morgan fingerprint density at radius 3 is 1.10 bits per heavy atom. The van der Waals surface area contributed by atoms with Crippen LogP contribution in [0.5, 0.6) is 0 Å². The summed E-state index contributed by atoms with van der Waals surface area (Å²) in [7, 11) is 0. The minimum absolute atomic E-state index is 0.521. The van der Waals surface area contributed by atoms with Crippen molar-refractivity contribution in [1.29, 1.82) is 0 Å². The van der Waals surface area contributed by atoms with Crippen LogP contribution in [0.25, 0.3) is 144 Å². The van der Waals surface area contributed by atoms with Crippen LogP contribution in [0.15, 0.2) is 364 Å². The summed E-state index contributed by atoms with van der Waals surface area (Å²) < 4.78 is 4.85. The van der Waals surface area contributed by atoms with Gasteiger partial charge in [-0.05, 0) is 172 Å². The van der Waals surface area contributed by atoms with Gasteiger partial charge in [-0.3, -0.25) is 0 Å². The van der Waals surface area contributed by atoms with Crippen LogP contribution in [0.3, 0.4) is 0 Å². The number of aromatic nitrogens is 2. The van der Waals surface area contributed by atoms with E-state index in [4.69, 9.17) is 0 Å². The molecule has 0 aliphatic heterocycles. The molecule has 0 unspecified atom stereocenters. The molecule has 0 N–H and O–H groups in total. The number of hydrogen-bond acceptors (Lipinski definition) is 0. The zero-order chi connectivity index (χ0) is 61.4. The summed E-state index contributed by atoms with van der Waals surface area (Å²) in [6.45, 7) is 0. The van der Waals surface area contributed by atoms with E-state index in [2.05, 4.69) is 373 Å². The average Bonchev–Trinajstić information content (AvgIpc) is 1.57. The van der Waals surface area contributed by atoms with Crippen LogP contribution < -0.4 is 0 Å². The van der Waals surface area contributed by atoms with Crippen LogP contribution in [0, 0.1) is 0 Å². The predicted octanol–water partition coefficient (Wildman–Crippen LogP) is 23.9. The van der Waals surface area contributed by atoms with E-state index in [-0.39, 0.29) is 0 Å². The molecule has 0 saturated carbocycles. The third kappa shape index (κ3) is 8.94. The van der Waals surface area contributed by atoms with Gasteiger partial charge in [-0.25, -0.2) is 0 Å². The van der Waals surface area contributed by atoms with Crippen molar-refractivity contribution in [3.63, 3.8) is 0 Å². The Labute approximate surface area is 541 Å². The molecule has 0 atom stereocenters. The van der Waals surface area contributed by atoms with E-state index in [1.54, 1.807) is 0 Å². The zero-order valence-electron chi connectivity index (χ0n) is 51.0. The van der Waals surface area contributed by atoms with Crippen LogP contribution >= 0.6 is 0 Å². The molecule has 2 heterocycles. The van der Waals surface area contributed by atoms with Crippen molar-refractivity contribution in [2.24, 2.45) is 0 Å². The van der Waals surface area contributed by atoms with Crippen molar-refractivity contribution in [3.05, 3.63) is 386 Å². The van der Waals surface area contributed by atoms with Gasteiger partial charge >= 0.3 is 0 Å². The molecule has 2 aromatic heterocycles. The van der Waals surface area contributed by atoms with E-state index >= 15 is 0 Å². The molecule has 434 valence electrons. The smallest absolute Gasteiger partial charge is 0.0713 e. The molecule has 0 spiro atoms. The van der Waals surface area contributed by atoms with Gasteiger partial charge in [-0.2, -0.15) is 0 Å². The summed E-state index contributed by atoms with van der Waals surface area (Å²) in [5, 5.41) is 4.95. The highest BCUT2D eigenvalue weighted by Crippen LogP contribution is 2.57. The van der Waals surface area contributed by atoms with E-state index < -0.39 is 5.41 Å². The van der Waals surface area contributed by atoms with Crippen molar-refractivity contribution in [2.45, 2.75) is 5.41 Å². The molecule has 2 heteroatoms. The lowest BCUT2D eigenvalue weighted by Gasteiger charge is -2.34. The van der Waals surface area contributed by atoms with E-state index in [0.29, 0.717) is 0 Å². The molecule has 17 aromatic rings. The van der Waals surface area contributed by atoms with Gasteiger partial charge in [0.25, 0.3) is 0 Å². The molecule has 1 aliphatic rings. The second-order valence-electron chi connectivity index (χ2n) is 24.7. The summed E-state index contributed by atoms with van der Waals surface area (Å²) in [4.78, 5) is 0. The van der Waals surface area contributed by atoms with Crippen LogP contribution in [-0.4, -0.2) is 9.13 Å². The number of hydrogen-bond donors (Lipinski definition) is 0. The van der Waals surface area contributed by atoms with Gasteiger partial charge in [0.2, 0.25) is 0 Å². The van der Waals surface area contributed by atoms with Gasteiger partial charge in [-0.1, -0.05) is 297 Å². The Morgan fingerprint density at radius 2 is 0.538 bits per heavy atom. The highest BCUT2D eigenvalue weighted by molar-refractivity contribution is 6.13. The fourth-order valence-electron chi connectivity index (χ4n) is 15.3. The Bertz CT molecular complexity index is 5650. The fourth-order valence-corrected chi connectivity index (χ4v) is 15.3. The van der Waals surface area contributed by atoms with Gasteiger partial charge in [0.15, 0.2) is 0 Å². The lowest BCUT2D eigenvalue weighted by Crippen LogP contribution is -2.28. The predicted molar refractivity (Wildman–Crippen MR) is 390 cm³/mol. The molecule has 15 aromatic carbocycles. The summed E-state index contributed by atoms with van der Waals surface area (Å²) in [6, 6.07) is 134. The highest BCUT2D eigenvalue weighted by Gasteiger charge is 2.46. The van der Waals surface area contributed by atoms with Gasteiger partial charge in [0.1, 0.15) is 0 Å². The standard InChI is InChI=1S/C91H60N2/c1-3-19-61(20-4-1)69-23-17-24-70(57-69)67-45-51-74(52-46-67)91(84-32-12-7-28-78(84)79-29-8-13-33-85(79)91)75-26-18-25-71(58-75)66-43-41-63(42-44-66)62-37-39-64(40-38-62)65-47-53-76(54-48-65)92-87-35-15-10-30-80(87)82-59-72(49-55-89(82)92)73-50-56-90-83(60-73)81-31-11-16-36-88(81)93(90)86-34-14-9-27-77(86)68-21-5-2-6-22-68/h1-60H. The number of fused-ring (bicyclic) bond motifs is 9. The molecule has 2 nitrogen and oxygen atoms in total. The third-order valence-electron chi connectivity index (χ3n) is 19.7. The van der Waals surface area contributed by atoms with Crippen molar-refractivity contribution >= 4 is 43.6 Å². The summed E-state index contributed by atoms with van der Waals surface area (Å²) >= 11 is 0. The molecule has 0 bridgehead atoms. The lowest BCUT2D eigenvalue weighted by molar-refractivity contribution is 0.769. The van der Waals surface area contributed by atoms with Gasteiger partial charge < -0.3 is 9.13 Å². The molecule has 0 radical (unpaired) electrons. The van der Waals surface area contributed by atoms with E-state index in [1.165, 1.54) is 161 Å². The van der Waals surface area contributed by atoms with Crippen molar-refractivity contribution in [1.82, 2.24) is 9.13 Å². The van der Waals surface area contributed by atoms with Crippen LogP contribution in [0.2, 0.25) is 0 Å². The summed E-state index contributed by atoms with van der Waals surface area (Å²) in [5.74, 6) is 0. The zero-order valence-corrected chi connectivity index (χ0v) is 51.0. The van der Waals surface area contributed by atoms with Crippen LogP contribution in [0.4, 0.5) is 0 Å². The number of benzene rings is 15. The van der Waals surface area contributed by atoms with Crippen molar-refractivity contribution in [3.8, 4) is 100 Å². The first kappa shape index (κ1) is 53.9. The van der Waals surface area contributed by atoms with E-state index in [0.717, 1.165) is 5.69 Å². The normalized spacial score (nSPS) is 12.4. The maximum Gasteiger partial charge on any atom is 0.0713 e. The van der Waals surface area contributed by atoms with Crippen molar-refractivity contribution < 1.29 is 0 Å². The quantitative estimate of drug-likeness (QED) is 0.122. The number of nitrogens with zero attached hydrogens (tertiary/aromatic N) is 2. The second-order valence-corrected chi connectivity index (χ2v) is 24.7. The average molecular weight is 1180 g/mol. The van der Waals surface area contributed by atoms with E-state index in [9.17, 15) is 0 Å². The largest absolute Gasteiger partial charge is 0.309 e. The Balaban J connectivity index is 0.622. The lowest BCUT2D eigenvalue weighted by atomic mass is 9.67. The van der Waals surface area contributed by atoms with E-state index in [1.807, 2.05) is 0 Å². The Hall–Kier alpha value is -12.1. The number of para-hydroxylation sites is 3.